The summed E-state index contributed by atoms with van der Waals surface area (Å²) in [6, 6.07) is 5.10. The Labute approximate surface area is 209 Å². The highest BCUT2D eigenvalue weighted by Crippen LogP contribution is 2.22. The third kappa shape index (κ3) is 7.96. The Bertz CT molecular complexity index is 820. The van der Waals surface area contributed by atoms with E-state index in [1.807, 2.05) is 4.90 Å². The molecule has 196 valence electrons. The standard InChI is InChI=1S/C26H43FN6O2/c1-19(2)18-33(32-15-13-30(4)14-16-32)23-9-11-31(12-10-23)26(35)20(3)29-25(34)17-24(28)21-5-7-22(27)8-6-21/h5-8,19-20,23-24H,9-18,28H2,1-4H3,(H,29,34)/t20-,24?/m1/s1. The van der Waals surface area contributed by atoms with Gasteiger partial charge in [-0.25, -0.2) is 14.4 Å². The Morgan fingerprint density at radius 3 is 2.23 bits per heavy atom. The molecule has 1 aromatic carbocycles. The molecule has 2 aliphatic heterocycles. The molecule has 2 aliphatic rings. The number of carbonyl (C=O) groups is 2. The number of carbonyl (C=O) groups excluding carboxylic acids is 2. The van der Waals surface area contributed by atoms with Crippen molar-refractivity contribution >= 4 is 11.8 Å². The fourth-order valence-corrected chi connectivity index (χ4v) is 4.97. The first-order valence-electron chi connectivity index (χ1n) is 12.9. The number of likely N-dealkylation sites (N-methyl/N-ethyl adjacent to an activating group) is 1. The van der Waals surface area contributed by atoms with Crippen LogP contribution in [0, 0.1) is 11.7 Å². The molecule has 2 atom stereocenters. The van der Waals surface area contributed by atoms with Gasteiger partial charge in [-0.05, 0) is 50.4 Å². The van der Waals surface area contributed by atoms with Crippen molar-refractivity contribution in [3.8, 4) is 0 Å². The van der Waals surface area contributed by atoms with E-state index in [0.717, 1.165) is 45.6 Å². The largest absolute Gasteiger partial charge is 0.345 e. The second-order valence-corrected chi connectivity index (χ2v) is 10.5. The van der Waals surface area contributed by atoms with Gasteiger partial charge in [0.2, 0.25) is 11.8 Å². The Kier molecular flexibility index (Phi) is 10.0. The van der Waals surface area contributed by atoms with Crippen molar-refractivity contribution in [3.05, 3.63) is 35.6 Å². The highest BCUT2D eigenvalue weighted by molar-refractivity contribution is 5.87. The van der Waals surface area contributed by atoms with E-state index < -0.39 is 12.1 Å². The van der Waals surface area contributed by atoms with Gasteiger partial charge < -0.3 is 20.9 Å². The number of benzene rings is 1. The van der Waals surface area contributed by atoms with Gasteiger partial charge in [-0.2, -0.15) is 0 Å². The van der Waals surface area contributed by atoms with Crippen LogP contribution in [0.25, 0.3) is 0 Å². The lowest BCUT2D eigenvalue weighted by molar-refractivity contribution is -0.140. The zero-order chi connectivity index (χ0) is 25.5. The summed E-state index contributed by atoms with van der Waals surface area (Å²) in [7, 11) is 2.17. The molecule has 9 heteroatoms. The van der Waals surface area contributed by atoms with Gasteiger partial charge in [-0.1, -0.05) is 26.0 Å². The number of halogens is 1. The predicted octanol–water partition coefficient (Wildman–Crippen LogP) is 1.83. The lowest BCUT2D eigenvalue weighted by Gasteiger charge is -2.47. The summed E-state index contributed by atoms with van der Waals surface area (Å²) in [4.78, 5) is 29.8. The summed E-state index contributed by atoms with van der Waals surface area (Å²) in [6.45, 7) is 12.9. The topological polar surface area (TPSA) is 85.1 Å². The molecule has 2 heterocycles. The van der Waals surface area contributed by atoms with E-state index in [1.54, 1.807) is 19.1 Å². The van der Waals surface area contributed by atoms with Crippen LogP contribution in [0.3, 0.4) is 0 Å². The number of nitrogens with one attached hydrogen (secondary N) is 1. The van der Waals surface area contributed by atoms with Gasteiger partial charge in [0.25, 0.3) is 0 Å². The van der Waals surface area contributed by atoms with Crippen molar-refractivity contribution in [2.45, 2.75) is 58.2 Å². The minimum Gasteiger partial charge on any atom is -0.345 e. The zero-order valence-corrected chi connectivity index (χ0v) is 21.8. The molecule has 1 aromatic rings. The molecule has 2 fully saturated rings. The van der Waals surface area contributed by atoms with Crippen molar-refractivity contribution in [1.82, 2.24) is 25.1 Å². The monoisotopic (exact) mass is 490 g/mol. The maximum Gasteiger partial charge on any atom is 0.244 e. The first-order chi connectivity index (χ1) is 16.6. The molecule has 0 aliphatic carbocycles. The predicted molar refractivity (Wildman–Crippen MR) is 136 cm³/mol. The van der Waals surface area contributed by atoms with Gasteiger partial charge in [0, 0.05) is 64.3 Å². The molecular weight excluding hydrogens is 447 g/mol. The quantitative estimate of drug-likeness (QED) is 0.550. The number of nitrogens with zero attached hydrogens (tertiary/aromatic N) is 4. The molecule has 0 aromatic heterocycles. The minimum absolute atomic E-state index is 0.0422. The number of hydrogen-bond donors (Lipinski definition) is 2. The molecular formula is C26H43FN6O2. The van der Waals surface area contributed by atoms with E-state index in [0.29, 0.717) is 30.6 Å². The zero-order valence-electron chi connectivity index (χ0n) is 21.8. The van der Waals surface area contributed by atoms with Gasteiger partial charge in [-0.15, -0.1) is 0 Å². The highest BCUT2D eigenvalue weighted by Gasteiger charge is 2.33. The summed E-state index contributed by atoms with van der Waals surface area (Å²) in [5.74, 6) is -0.104. The van der Waals surface area contributed by atoms with Gasteiger partial charge in [0.1, 0.15) is 11.9 Å². The minimum atomic E-state index is -0.608. The molecule has 2 amide bonds. The van der Waals surface area contributed by atoms with E-state index in [2.05, 4.69) is 41.1 Å². The number of piperazine rings is 1. The number of piperidine rings is 1. The van der Waals surface area contributed by atoms with E-state index >= 15 is 0 Å². The van der Waals surface area contributed by atoms with Crippen LogP contribution in [0.5, 0.6) is 0 Å². The van der Waals surface area contributed by atoms with E-state index in [1.165, 1.54) is 12.1 Å². The van der Waals surface area contributed by atoms with Crippen molar-refractivity contribution in [1.29, 1.82) is 0 Å². The summed E-state index contributed by atoms with van der Waals surface area (Å²) in [5, 5.41) is 7.86. The van der Waals surface area contributed by atoms with Crippen molar-refractivity contribution in [2.75, 3.05) is 52.9 Å². The third-order valence-electron chi connectivity index (χ3n) is 7.04. The number of rotatable bonds is 9. The Morgan fingerprint density at radius 2 is 1.66 bits per heavy atom. The number of likely N-dealkylation sites (tertiary alicyclic amines) is 1. The van der Waals surface area contributed by atoms with Gasteiger partial charge in [0.05, 0.1) is 0 Å². The average Bonchev–Trinajstić information content (AvgIpc) is 2.83. The van der Waals surface area contributed by atoms with Crippen LogP contribution in [0.1, 0.15) is 51.6 Å². The fourth-order valence-electron chi connectivity index (χ4n) is 4.97. The Hall–Kier alpha value is -2.07. The molecule has 0 bridgehead atoms. The maximum absolute atomic E-state index is 13.1. The van der Waals surface area contributed by atoms with Crippen molar-refractivity contribution in [3.63, 3.8) is 0 Å². The number of amides is 2. The van der Waals surface area contributed by atoms with Crippen LogP contribution in [-0.4, -0.2) is 96.6 Å². The molecule has 1 unspecified atom stereocenters. The summed E-state index contributed by atoms with van der Waals surface area (Å²) in [5.41, 5.74) is 6.79. The first-order valence-corrected chi connectivity index (χ1v) is 12.9. The number of hydrogen-bond acceptors (Lipinski definition) is 6. The lowest BCUT2D eigenvalue weighted by atomic mass is 10.0. The summed E-state index contributed by atoms with van der Waals surface area (Å²) < 4.78 is 13.1. The van der Waals surface area contributed by atoms with E-state index in [9.17, 15) is 14.0 Å². The van der Waals surface area contributed by atoms with E-state index in [-0.39, 0.29) is 24.1 Å². The fraction of sp³-hybridized carbons (Fsp3) is 0.692. The van der Waals surface area contributed by atoms with Gasteiger partial charge in [-0.3, -0.25) is 9.59 Å². The van der Waals surface area contributed by atoms with E-state index in [4.69, 9.17) is 5.73 Å². The van der Waals surface area contributed by atoms with Crippen LogP contribution in [0.2, 0.25) is 0 Å². The van der Waals surface area contributed by atoms with Crippen LogP contribution >= 0.6 is 0 Å². The normalized spacial score (nSPS) is 20.3. The maximum atomic E-state index is 13.1. The molecule has 0 radical (unpaired) electrons. The summed E-state index contributed by atoms with van der Waals surface area (Å²) in [6.07, 6.45) is 1.91. The number of nitrogens with two attached hydrogens (primary N) is 1. The lowest BCUT2D eigenvalue weighted by Crippen LogP contribution is -2.59. The molecule has 8 nitrogen and oxygen atoms in total. The van der Waals surface area contributed by atoms with Crippen LogP contribution in [0.4, 0.5) is 4.39 Å². The molecule has 0 spiro atoms. The highest BCUT2D eigenvalue weighted by atomic mass is 19.1. The second-order valence-electron chi connectivity index (χ2n) is 10.5. The molecule has 3 N–H and O–H groups in total. The molecule has 3 rings (SSSR count). The van der Waals surface area contributed by atoms with Gasteiger partial charge in [0.15, 0.2) is 0 Å². The first kappa shape index (κ1) is 27.5. The van der Waals surface area contributed by atoms with Crippen LogP contribution < -0.4 is 11.1 Å². The average molecular weight is 491 g/mol. The number of hydrazine groups is 1. The smallest absolute Gasteiger partial charge is 0.244 e. The Morgan fingerprint density at radius 1 is 1.06 bits per heavy atom. The molecule has 2 saturated heterocycles. The SMILES string of the molecule is CC(C)CN(C1CCN(C(=O)[C@@H](C)NC(=O)CC(N)c2ccc(F)cc2)CC1)N1CCN(C)CC1. The van der Waals surface area contributed by atoms with Crippen LogP contribution in [-0.2, 0) is 9.59 Å². The Balaban J connectivity index is 1.48. The second kappa shape index (κ2) is 12.8. The van der Waals surface area contributed by atoms with Crippen molar-refractivity contribution in [2.24, 2.45) is 11.7 Å². The van der Waals surface area contributed by atoms with Crippen LogP contribution in [0.15, 0.2) is 24.3 Å². The molecule has 0 saturated carbocycles. The molecule has 35 heavy (non-hydrogen) atoms. The van der Waals surface area contributed by atoms with Crippen molar-refractivity contribution < 1.29 is 14.0 Å². The summed E-state index contributed by atoms with van der Waals surface area (Å²) >= 11 is 0. The third-order valence-corrected chi connectivity index (χ3v) is 7.04. The van der Waals surface area contributed by atoms with Gasteiger partial charge >= 0.3 is 0 Å².